The summed E-state index contributed by atoms with van der Waals surface area (Å²) in [6, 6.07) is 3.58. The second-order valence-corrected chi connectivity index (χ2v) is 7.20. The van der Waals surface area contributed by atoms with Gasteiger partial charge in [-0.1, -0.05) is 0 Å². The Morgan fingerprint density at radius 2 is 2.09 bits per heavy atom. The minimum absolute atomic E-state index is 0.00936. The van der Waals surface area contributed by atoms with Gasteiger partial charge in [0.2, 0.25) is 12.9 Å². The Kier molecular flexibility index (Phi) is 4.62. The van der Waals surface area contributed by atoms with Gasteiger partial charge in [0.05, 0.1) is 5.56 Å². The average molecular weight is 450 g/mol. The fourth-order valence-corrected chi connectivity index (χ4v) is 3.66. The molecular formula is C19H15FN2O10. The van der Waals surface area contributed by atoms with Crippen molar-refractivity contribution in [1.82, 2.24) is 10.2 Å². The molecule has 12 nitrogen and oxygen atoms in total. The number of benzene rings is 1. The number of rotatable bonds is 5. The van der Waals surface area contributed by atoms with Gasteiger partial charge in [-0.3, -0.25) is 9.69 Å². The molecule has 2 saturated heterocycles. The largest absolute Gasteiger partial charge is 0.509 e. The molecule has 0 saturated carbocycles. The Bertz CT molecular complexity index is 1040. The SMILES string of the molecule is O=CC1=CN([C@@H]2O[C@](F)(COC(=O)c3ccc4c(c3)OCO4)[C@H]3OC(=O)O[C@@H]23)C(=O)NC1. The van der Waals surface area contributed by atoms with Gasteiger partial charge in [0, 0.05) is 18.3 Å². The topological polar surface area (TPSA) is 139 Å². The standard InChI is InChI=1S/C19H15FN2O10/c20-19(7-27-16(24)10-1-2-11-12(3-10)29-8-28-11)14-13(30-18(26)31-14)15(32-19)22-5-9(6-23)4-21-17(22)25/h1-3,5-6,13-15H,4,7-8H2,(H,21,25)/t13-,14+,15-,19-/m1/s1. The zero-order valence-electron chi connectivity index (χ0n) is 16.1. The summed E-state index contributed by atoms with van der Waals surface area (Å²) in [5.74, 6) is -2.93. The van der Waals surface area contributed by atoms with Crippen LogP contribution in [-0.4, -0.2) is 73.6 Å². The molecule has 1 aromatic carbocycles. The van der Waals surface area contributed by atoms with Crippen molar-refractivity contribution in [2.24, 2.45) is 0 Å². The van der Waals surface area contributed by atoms with E-state index in [2.05, 4.69) is 5.32 Å². The number of hydrogen-bond donors (Lipinski definition) is 1. The van der Waals surface area contributed by atoms with E-state index < -0.39 is 49.1 Å². The van der Waals surface area contributed by atoms with Gasteiger partial charge in [0.15, 0.2) is 30.4 Å². The number of hydrogen-bond acceptors (Lipinski definition) is 10. The Hall–Kier alpha value is -3.87. The van der Waals surface area contributed by atoms with Crippen molar-refractivity contribution in [2.75, 3.05) is 19.9 Å². The smallest absolute Gasteiger partial charge is 0.456 e. The lowest BCUT2D eigenvalue weighted by Gasteiger charge is -2.31. The van der Waals surface area contributed by atoms with E-state index in [1.807, 2.05) is 0 Å². The fourth-order valence-electron chi connectivity index (χ4n) is 3.66. The van der Waals surface area contributed by atoms with Crippen molar-refractivity contribution in [3.63, 3.8) is 0 Å². The van der Waals surface area contributed by atoms with E-state index in [1.54, 1.807) is 0 Å². The molecule has 1 aromatic rings. The number of carbonyl (C=O) groups is 4. The van der Waals surface area contributed by atoms with Gasteiger partial charge >= 0.3 is 18.2 Å². The summed E-state index contributed by atoms with van der Waals surface area (Å²) in [5.41, 5.74) is 0.248. The first-order valence-corrected chi connectivity index (χ1v) is 9.41. The Labute approximate surface area is 178 Å². The number of esters is 1. The molecule has 0 radical (unpaired) electrons. The number of amides is 2. The molecule has 13 heteroatoms. The lowest BCUT2D eigenvalue weighted by Crippen LogP contribution is -2.51. The second-order valence-electron chi connectivity index (χ2n) is 7.20. The maximum atomic E-state index is 15.7. The first-order valence-electron chi connectivity index (χ1n) is 9.41. The molecule has 0 unspecified atom stereocenters. The molecule has 0 aromatic heterocycles. The van der Waals surface area contributed by atoms with Crippen molar-refractivity contribution >= 4 is 24.4 Å². The zero-order valence-corrected chi connectivity index (χ0v) is 16.1. The van der Waals surface area contributed by atoms with Crippen LogP contribution in [0.4, 0.5) is 14.0 Å². The van der Waals surface area contributed by atoms with Crippen LogP contribution in [0.3, 0.4) is 0 Å². The van der Waals surface area contributed by atoms with Gasteiger partial charge in [-0.2, -0.15) is 0 Å². The average Bonchev–Trinajstić information content (AvgIpc) is 3.48. The molecule has 2 fully saturated rings. The van der Waals surface area contributed by atoms with Crippen LogP contribution < -0.4 is 14.8 Å². The molecule has 4 aliphatic rings. The number of carbonyl (C=O) groups excluding carboxylic acids is 4. The van der Waals surface area contributed by atoms with Gasteiger partial charge < -0.3 is 33.7 Å². The monoisotopic (exact) mass is 450 g/mol. The molecule has 0 aliphatic carbocycles. The number of urea groups is 1. The summed E-state index contributed by atoms with van der Waals surface area (Å²) in [7, 11) is 0. The highest BCUT2D eigenvalue weighted by Crippen LogP contribution is 2.42. The van der Waals surface area contributed by atoms with Crippen LogP contribution in [0.2, 0.25) is 0 Å². The van der Waals surface area contributed by atoms with E-state index in [0.717, 1.165) is 11.1 Å². The third kappa shape index (κ3) is 3.26. The normalized spacial score (nSPS) is 30.1. The summed E-state index contributed by atoms with van der Waals surface area (Å²) < 4.78 is 46.3. The highest BCUT2D eigenvalue weighted by Gasteiger charge is 2.66. The van der Waals surface area contributed by atoms with Crippen LogP contribution in [0, 0.1) is 0 Å². The Morgan fingerprint density at radius 3 is 2.91 bits per heavy atom. The van der Waals surface area contributed by atoms with Gasteiger partial charge in [0.25, 0.3) is 5.85 Å². The summed E-state index contributed by atoms with van der Waals surface area (Å²) in [5, 5.41) is 2.42. The number of nitrogens with zero attached hydrogens (tertiary/aromatic N) is 1. The predicted molar refractivity (Wildman–Crippen MR) is 96.1 cm³/mol. The zero-order chi connectivity index (χ0) is 22.5. The van der Waals surface area contributed by atoms with E-state index in [-0.39, 0.29) is 24.5 Å². The Morgan fingerprint density at radius 1 is 1.28 bits per heavy atom. The first-order chi connectivity index (χ1) is 15.4. The number of aldehydes is 1. The van der Waals surface area contributed by atoms with Crippen LogP contribution in [-0.2, 0) is 23.7 Å². The van der Waals surface area contributed by atoms with Gasteiger partial charge in [-0.15, -0.1) is 0 Å². The molecule has 32 heavy (non-hydrogen) atoms. The Balaban J connectivity index is 1.34. The molecule has 0 spiro atoms. The van der Waals surface area contributed by atoms with Crippen LogP contribution in [0.5, 0.6) is 11.5 Å². The van der Waals surface area contributed by atoms with Crippen LogP contribution in [0.25, 0.3) is 0 Å². The van der Waals surface area contributed by atoms with E-state index in [9.17, 15) is 19.2 Å². The highest BCUT2D eigenvalue weighted by molar-refractivity contribution is 5.90. The number of ether oxygens (including phenoxy) is 6. The number of halogens is 1. The molecule has 4 aliphatic heterocycles. The van der Waals surface area contributed by atoms with Gasteiger partial charge in [-0.05, 0) is 18.2 Å². The lowest BCUT2D eigenvalue weighted by atomic mass is 10.1. The van der Waals surface area contributed by atoms with Crippen LogP contribution in [0.15, 0.2) is 30.0 Å². The molecule has 4 heterocycles. The number of nitrogens with one attached hydrogen (secondary N) is 1. The summed E-state index contributed by atoms with van der Waals surface area (Å²) in [4.78, 5) is 48.3. The maximum Gasteiger partial charge on any atom is 0.509 e. The maximum absolute atomic E-state index is 15.7. The quantitative estimate of drug-likeness (QED) is 0.501. The van der Waals surface area contributed by atoms with Crippen molar-refractivity contribution < 1.29 is 52.0 Å². The molecule has 5 rings (SSSR count). The van der Waals surface area contributed by atoms with Gasteiger partial charge in [0.1, 0.15) is 6.29 Å². The van der Waals surface area contributed by atoms with Crippen molar-refractivity contribution in [1.29, 1.82) is 0 Å². The van der Waals surface area contributed by atoms with Gasteiger partial charge in [-0.25, -0.2) is 18.8 Å². The lowest BCUT2D eigenvalue weighted by molar-refractivity contribution is -0.211. The van der Waals surface area contributed by atoms with E-state index in [1.165, 1.54) is 18.2 Å². The third-order valence-corrected chi connectivity index (χ3v) is 5.19. The summed E-state index contributed by atoms with van der Waals surface area (Å²) in [6.07, 6.45) is -3.95. The first kappa shape index (κ1) is 20.1. The predicted octanol–water partition coefficient (Wildman–Crippen LogP) is 0.606. The van der Waals surface area contributed by atoms with E-state index in [4.69, 9.17) is 28.4 Å². The van der Waals surface area contributed by atoms with Crippen molar-refractivity contribution in [3.8, 4) is 11.5 Å². The van der Waals surface area contributed by atoms with Crippen molar-refractivity contribution in [2.45, 2.75) is 24.3 Å². The molecule has 1 N–H and O–H groups in total. The molecular weight excluding hydrogens is 435 g/mol. The van der Waals surface area contributed by atoms with E-state index in [0.29, 0.717) is 17.8 Å². The van der Waals surface area contributed by atoms with E-state index >= 15 is 4.39 Å². The fraction of sp³-hybridized carbons (Fsp3) is 0.368. The number of fused-ring (bicyclic) bond motifs is 2. The molecule has 4 atom stereocenters. The molecule has 0 bridgehead atoms. The van der Waals surface area contributed by atoms with Crippen molar-refractivity contribution in [3.05, 3.63) is 35.5 Å². The highest BCUT2D eigenvalue weighted by atomic mass is 19.2. The molecule has 168 valence electrons. The minimum atomic E-state index is -2.82. The van der Waals surface area contributed by atoms with Crippen LogP contribution >= 0.6 is 0 Å². The number of alkyl halides is 1. The molecule has 2 amide bonds. The minimum Gasteiger partial charge on any atom is -0.456 e. The third-order valence-electron chi connectivity index (χ3n) is 5.19. The second kappa shape index (κ2) is 7.37. The van der Waals surface area contributed by atoms with Crippen LogP contribution in [0.1, 0.15) is 10.4 Å². The summed E-state index contributed by atoms with van der Waals surface area (Å²) in [6.45, 7) is -0.979. The summed E-state index contributed by atoms with van der Waals surface area (Å²) >= 11 is 0.